The zero-order chi connectivity index (χ0) is 16.7. The van der Waals surface area contributed by atoms with Crippen LogP contribution in [-0.4, -0.2) is 31.1 Å². The summed E-state index contributed by atoms with van der Waals surface area (Å²) < 4.78 is 20.2. The summed E-state index contributed by atoms with van der Waals surface area (Å²) in [5.41, 5.74) is 0.657. The quantitative estimate of drug-likeness (QED) is 0.846. The summed E-state index contributed by atoms with van der Waals surface area (Å²) >= 11 is 1.34. The molecule has 0 radical (unpaired) electrons. The van der Waals surface area contributed by atoms with Gasteiger partial charge in [-0.3, -0.25) is 4.79 Å². The number of carbonyl (C=O) groups is 1. The number of carbonyl (C=O) groups excluding carboxylic acids is 1. The first-order valence-corrected chi connectivity index (χ1v) is 9.23. The monoisotopic (exact) mass is 384 g/mol. The maximum atomic E-state index is 14.2. The molecule has 2 aromatic rings. The van der Waals surface area contributed by atoms with Crippen LogP contribution in [0.3, 0.4) is 0 Å². The van der Waals surface area contributed by atoms with Crippen molar-refractivity contribution in [3.63, 3.8) is 0 Å². The third-order valence-corrected chi connectivity index (χ3v) is 6.26. The van der Waals surface area contributed by atoms with Crippen LogP contribution in [0.15, 0.2) is 18.2 Å². The second kappa shape index (κ2) is 7.58. The molecule has 0 saturated carbocycles. The molecule has 1 aromatic carbocycles. The van der Waals surface area contributed by atoms with Gasteiger partial charge in [0.1, 0.15) is 5.82 Å². The molecule has 2 fully saturated rings. The lowest BCUT2D eigenvalue weighted by Gasteiger charge is -2.29. The molecule has 1 aromatic heterocycles. The Morgan fingerprint density at radius 2 is 2.08 bits per heavy atom. The molecule has 25 heavy (non-hydrogen) atoms. The summed E-state index contributed by atoms with van der Waals surface area (Å²) in [6.45, 7) is 0.237. The highest BCUT2D eigenvalue weighted by molar-refractivity contribution is 7.21. The molecule has 3 heterocycles. The Morgan fingerprint density at radius 1 is 1.36 bits per heavy atom. The highest BCUT2D eigenvalue weighted by Gasteiger charge is 2.34. The highest BCUT2D eigenvalue weighted by atomic mass is 35.5. The van der Waals surface area contributed by atoms with Gasteiger partial charge in [0.2, 0.25) is 0 Å². The molecule has 7 heteroatoms. The minimum atomic E-state index is -0.297. The van der Waals surface area contributed by atoms with Gasteiger partial charge >= 0.3 is 0 Å². The first kappa shape index (κ1) is 18.6. The predicted octanol–water partition coefficient (Wildman–Crippen LogP) is 3.62. The second-order valence-corrected chi connectivity index (χ2v) is 7.79. The molecule has 0 spiro atoms. The number of rotatable bonds is 4. The van der Waals surface area contributed by atoms with Gasteiger partial charge in [-0.15, -0.1) is 23.7 Å². The van der Waals surface area contributed by atoms with Crippen molar-refractivity contribution >= 4 is 39.7 Å². The van der Waals surface area contributed by atoms with E-state index in [1.54, 1.807) is 13.2 Å². The van der Waals surface area contributed by atoms with E-state index >= 15 is 0 Å². The third-order valence-electron chi connectivity index (χ3n) is 5.07. The van der Waals surface area contributed by atoms with Crippen LogP contribution in [0.5, 0.6) is 0 Å². The summed E-state index contributed by atoms with van der Waals surface area (Å²) in [6, 6.07) is 6.20. The van der Waals surface area contributed by atoms with Gasteiger partial charge in [0.25, 0.3) is 5.91 Å². The number of nitrogens with one attached hydrogen (secondary N) is 2. The number of halogens is 2. The molecule has 2 atom stereocenters. The Bertz CT molecular complexity index is 770. The predicted molar refractivity (Wildman–Crippen MR) is 100 cm³/mol. The van der Waals surface area contributed by atoms with Crippen LogP contribution in [0.4, 0.5) is 4.39 Å². The average Bonchev–Trinajstić information content (AvgIpc) is 3.09. The van der Waals surface area contributed by atoms with E-state index in [-0.39, 0.29) is 36.8 Å². The molecule has 2 N–H and O–H groups in total. The summed E-state index contributed by atoms with van der Waals surface area (Å²) in [5.74, 6) is -0.399. The van der Waals surface area contributed by atoms with E-state index in [9.17, 15) is 9.18 Å². The fraction of sp³-hybridized carbons (Fsp3) is 0.500. The minimum absolute atomic E-state index is 0. The van der Waals surface area contributed by atoms with E-state index in [0.29, 0.717) is 27.9 Å². The largest absolute Gasteiger partial charge is 0.380 e. The van der Waals surface area contributed by atoms with Crippen LogP contribution in [0, 0.1) is 5.82 Å². The lowest BCUT2D eigenvalue weighted by atomic mass is 9.99. The number of hydrogen-bond acceptors (Lipinski definition) is 4. The molecule has 0 aliphatic carbocycles. The van der Waals surface area contributed by atoms with Crippen LogP contribution in [0.2, 0.25) is 0 Å². The van der Waals surface area contributed by atoms with Crippen LogP contribution in [-0.2, 0) is 11.3 Å². The molecule has 136 valence electrons. The van der Waals surface area contributed by atoms with Crippen LogP contribution < -0.4 is 10.6 Å². The number of thiophene rings is 1. The zero-order valence-electron chi connectivity index (χ0n) is 14.0. The fourth-order valence-corrected chi connectivity index (χ4v) is 5.18. The number of fused-ring (bicyclic) bond motifs is 3. The van der Waals surface area contributed by atoms with E-state index in [2.05, 4.69) is 10.6 Å². The lowest BCUT2D eigenvalue weighted by molar-refractivity contribution is 0.0924. The van der Waals surface area contributed by atoms with Crippen LogP contribution >= 0.6 is 23.7 Å². The van der Waals surface area contributed by atoms with E-state index in [0.717, 1.165) is 17.5 Å². The summed E-state index contributed by atoms with van der Waals surface area (Å²) in [4.78, 5) is 13.4. The minimum Gasteiger partial charge on any atom is -0.380 e. The molecule has 4 rings (SSSR count). The van der Waals surface area contributed by atoms with Gasteiger partial charge in [-0.25, -0.2) is 4.39 Å². The molecule has 2 bridgehead atoms. The second-order valence-electron chi connectivity index (χ2n) is 6.74. The molecular weight excluding hydrogens is 363 g/mol. The summed E-state index contributed by atoms with van der Waals surface area (Å²) in [5, 5.41) is 7.26. The fourth-order valence-electron chi connectivity index (χ4n) is 4.06. The van der Waals surface area contributed by atoms with Crippen LogP contribution in [0.1, 0.15) is 40.9 Å². The van der Waals surface area contributed by atoms with Crippen molar-refractivity contribution in [2.75, 3.05) is 7.11 Å². The lowest BCUT2D eigenvalue weighted by Crippen LogP contribution is -2.48. The van der Waals surface area contributed by atoms with Gasteiger partial charge in [-0.05, 0) is 37.8 Å². The smallest absolute Gasteiger partial charge is 0.261 e. The van der Waals surface area contributed by atoms with Gasteiger partial charge in [0.05, 0.1) is 11.5 Å². The van der Waals surface area contributed by atoms with Gasteiger partial charge in [-0.1, -0.05) is 6.07 Å². The zero-order valence-corrected chi connectivity index (χ0v) is 15.6. The Morgan fingerprint density at radius 3 is 2.76 bits per heavy atom. The van der Waals surface area contributed by atoms with Crippen molar-refractivity contribution in [2.45, 2.75) is 50.4 Å². The number of hydrogen-bond donors (Lipinski definition) is 2. The van der Waals surface area contributed by atoms with Crippen molar-refractivity contribution in [1.29, 1.82) is 0 Å². The van der Waals surface area contributed by atoms with Crippen molar-refractivity contribution < 1.29 is 13.9 Å². The number of amides is 1. The average molecular weight is 385 g/mol. The van der Waals surface area contributed by atoms with Crippen molar-refractivity contribution in [3.8, 4) is 0 Å². The molecule has 2 aliphatic heterocycles. The molecule has 1 amide bonds. The maximum absolute atomic E-state index is 14.2. The first-order valence-electron chi connectivity index (χ1n) is 8.41. The first-order chi connectivity index (χ1) is 11.7. The van der Waals surface area contributed by atoms with Gasteiger partial charge in [0.15, 0.2) is 0 Å². The Kier molecular flexibility index (Phi) is 5.63. The van der Waals surface area contributed by atoms with Gasteiger partial charge < -0.3 is 15.4 Å². The van der Waals surface area contributed by atoms with E-state index in [1.807, 2.05) is 6.07 Å². The third kappa shape index (κ3) is 3.53. The Hall–Kier alpha value is -1.21. The number of piperidine rings is 1. The summed E-state index contributed by atoms with van der Waals surface area (Å²) in [7, 11) is 1.57. The van der Waals surface area contributed by atoms with Crippen LogP contribution in [0.25, 0.3) is 10.1 Å². The Labute approximate surface area is 156 Å². The standard InChI is InChI=1S/C18H21FN2O2S.ClH/c1-23-9-13-16-14(19)3-2-4-15(16)24-17(13)18(22)21-12-7-10-5-6-11(8-12)20-10;/h2-4,10-12,20H,5-9H2,1H3,(H,21,22);1H. The number of methoxy groups -OCH3 is 1. The number of benzene rings is 1. The highest BCUT2D eigenvalue weighted by Crippen LogP contribution is 2.34. The molecule has 4 nitrogen and oxygen atoms in total. The molecular formula is C18H22ClFN2O2S. The topological polar surface area (TPSA) is 50.4 Å². The van der Waals surface area contributed by atoms with E-state index in [1.165, 1.54) is 30.2 Å². The van der Waals surface area contributed by atoms with Crippen molar-refractivity contribution in [3.05, 3.63) is 34.5 Å². The van der Waals surface area contributed by atoms with Gasteiger partial charge in [-0.2, -0.15) is 0 Å². The summed E-state index contributed by atoms with van der Waals surface area (Å²) in [6.07, 6.45) is 4.34. The van der Waals surface area contributed by atoms with Crippen molar-refractivity contribution in [2.24, 2.45) is 0 Å². The van der Waals surface area contributed by atoms with Crippen molar-refractivity contribution in [1.82, 2.24) is 10.6 Å². The molecule has 2 saturated heterocycles. The molecule has 2 unspecified atom stereocenters. The van der Waals surface area contributed by atoms with Gasteiger partial charge in [0, 0.05) is 40.9 Å². The SMILES string of the molecule is COCc1c(C(=O)NC2CC3CCC(C2)N3)sc2cccc(F)c12.Cl. The van der Waals surface area contributed by atoms with E-state index in [4.69, 9.17) is 4.74 Å². The number of ether oxygens (including phenoxy) is 1. The Balaban J connectivity index is 0.00000182. The molecule has 2 aliphatic rings. The van der Waals surface area contributed by atoms with E-state index < -0.39 is 0 Å². The normalized spacial score (nSPS) is 25.0. The maximum Gasteiger partial charge on any atom is 0.261 e.